The Kier molecular flexibility index (Phi) is 11.4. The number of rotatable bonds is 12. The van der Waals surface area contributed by atoms with Gasteiger partial charge >= 0.3 is 0 Å². The molecule has 142 valence electrons. The normalized spacial score (nSPS) is 12.7. The molecule has 1 rings (SSSR count). The summed E-state index contributed by atoms with van der Waals surface area (Å²) in [6.45, 7) is 5.66. The number of aliphatic hydroxyl groups excluding tert-OH is 1. The zero-order valence-corrected chi connectivity index (χ0v) is 15.5. The maximum absolute atomic E-state index is 10.3. The van der Waals surface area contributed by atoms with Crippen molar-refractivity contribution >= 4 is 5.96 Å². The summed E-state index contributed by atoms with van der Waals surface area (Å²) >= 11 is 0. The minimum atomic E-state index is -0.678. The highest BCUT2D eigenvalue weighted by molar-refractivity contribution is 5.79. The Labute approximate surface area is 150 Å². The van der Waals surface area contributed by atoms with Crippen LogP contribution in [0.15, 0.2) is 29.3 Å². The van der Waals surface area contributed by atoms with Gasteiger partial charge in [-0.3, -0.25) is 4.99 Å². The zero-order chi connectivity index (χ0) is 18.3. The average molecular weight is 353 g/mol. The van der Waals surface area contributed by atoms with Crippen LogP contribution in [0.1, 0.15) is 25.0 Å². The van der Waals surface area contributed by atoms with Crippen LogP contribution < -0.4 is 15.4 Å². The van der Waals surface area contributed by atoms with Gasteiger partial charge in [-0.25, -0.2) is 0 Å². The first-order valence-electron chi connectivity index (χ1n) is 8.62. The van der Waals surface area contributed by atoms with Crippen LogP contribution in [-0.2, 0) is 9.47 Å². The molecular weight excluding hydrogens is 322 g/mol. The lowest BCUT2D eigenvalue weighted by Crippen LogP contribution is -2.38. The molecule has 0 radical (unpaired) electrons. The van der Waals surface area contributed by atoms with Crippen molar-refractivity contribution in [2.45, 2.75) is 19.4 Å². The van der Waals surface area contributed by atoms with Crippen molar-refractivity contribution in [3.8, 4) is 5.75 Å². The van der Waals surface area contributed by atoms with E-state index in [1.807, 2.05) is 31.2 Å². The van der Waals surface area contributed by atoms with Gasteiger partial charge < -0.3 is 30.0 Å². The largest absolute Gasteiger partial charge is 0.497 e. The van der Waals surface area contributed by atoms with Crippen molar-refractivity contribution in [3.63, 3.8) is 0 Å². The molecule has 1 unspecified atom stereocenters. The molecule has 0 spiro atoms. The van der Waals surface area contributed by atoms with E-state index in [0.717, 1.165) is 30.8 Å². The van der Waals surface area contributed by atoms with Crippen LogP contribution in [0.3, 0.4) is 0 Å². The molecule has 25 heavy (non-hydrogen) atoms. The van der Waals surface area contributed by atoms with Gasteiger partial charge in [-0.1, -0.05) is 12.1 Å². The van der Waals surface area contributed by atoms with Gasteiger partial charge in [-0.15, -0.1) is 0 Å². The number of ether oxygens (including phenoxy) is 3. The maximum Gasteiger partial charge on any atom is 0.191 e. The van der Waals surface area contributed by atoms with Crippen molar-refractivity contribution in [1.29, 1.82) is 0 Å². The number of methoxy groups -OCH3 is 2. The number of nitrogens with zero attached hydrogens (tertiary/aromatic N) is 1. The van der Waals surface area contributed by atoms with Gasteiger partial charge in [0.1, 0.15) is 5.75 Å². The number of hydrogen-bond acceptors (Lipinski definition) is 5. The summed E-state index contributed by atoms with van der Waals surface area (Å²) in [5, 5.41) is 16.7. The molecule has 0 amide bonds. The monoisotopic (exact) mass is 353 g/mol. The molecule has 7 heteroatoms. The van der Waals surface area contributed by atoms with Crippen LogP contribution in [0.2, 0.25) is 0 Å². The maximum atomic E-state index is 10.3. The first-order chi connectivity index (χ1) is 12.2. The number of guanidine groups is 1. The Hall–Kier alpha value is -1.83. The van der Waals surface area contributed by atoms with E-state index >= 15 is 0 Å². The lowest BCUT2D eigenvalue weighted by Gasteiger charge is -2.14. The lowest BCUT2D eigenvalue weighted by molar-refractivity contribution is 0.0698. The third-order valence-corrected chi connectivity index (χ3v) is 3.43. The van der Waals surface area contributed by atoms with Gasteiger partial charge in [0, 0.05) is 26.8 Å². The zero-order valence-electron chi connectivity index (χ0n) is 15.5. The number of nitrogens with one attached hydrogen (secondary N) is 2. The summed E-state index contributed by atoms with van der Waals surface area (Å²) in [7, 11) is 3.26. The highest BCUT2D eigenvalue weighted by Crippen LogP contribution is 2.19. The summed E-state index contributed by atoms with van der Waals surface area (Å²) in [4.78, 5) is 4.44. The molecule has 0 fully saturated rings. The smallest absolute Gasteiger partial charge is 0.191 e. The molecule has 0 bridgehead atoms. The van der Waals surface area contributed by atoms with Crippen molar-refractivity contribution < 1.29 is 19.3 Å². The number of hydrogen-bond donors (Lipinski definition) is 3. The second-order valence-electron chi connectivity index (χ2n) is 5.40. The SMILES string of the molecule is CCNC(=NCC(O)c1cccc(OC)c1)NCCCOCCOC. The van der Waals surface area contributed by atoms with E-state index in [0.29, 0.717) is 25.8 Å². The summed E-state index contributed by atoms with van der Waals surface area (Å²) in [6, 6.07) is 7.38. The number of benzene rings is 1. The molecule has 0 aliphatic heterocycles. The number of aliphatic imine (C=N–C) groups is 1. The van der Waals surface area contributed by atoms with Crippen molar-refractivity contribution in [3.05, 3.63) is 29.8 Å². The third kappa shape index (κ3) is 9.28. The van der Waals surface area contributed by atoms with Crippen LogP contribution in [0.4, 0.5) is 0 Å². The molecule has 1 aromatic rings. The van der Waals surface area contributed by atoms with Crippen molar-refractivity contribution in [2.75, 3.05) is 53.7 Å². The molecule has 1 aromatic carbocycles. The molecule has 3 N–H and O–H groups in total. The van der Waals surface area contributed by atoms with E-state index in [1.54, 1.807) is 14.2 Å². The predicted octanol–water partition coefficient (Wildman–Crippen LogP) is 1.34. The van der Waals surface area contributed by atoms with E-state index in [9.17, 15) is 5.11 Å². The minimum Gasteiger partial charge on any atom is -0.497 e. The standard InChI is InChI=1S/C18H31N3O4/c1-4-19-18(20-9-6-10-25-12-11-23-2)21-14-17(22)15-7-5-8-16(13-15)24-3/h5,7-8,13,17,22H,4,6,9-12,14H2,1-3H3,(H2,19,20,21). The van der Waals surface area contributed by atoms with E-state index in [-0.39, 0.29) is 6.54 Å². The lowest BCUT2D eigenvalue weighted by atomic mass is 10.1. The van der Waals surface area contributed by atoms with Crippen LogP contribution >= 0.6 is 0 Å². The predicted molar refractivity (Wildman–Crippen MR) is 99.2 cm³/mol. The molecule has 1 atom stereocenters. The Morgan fingerprint density at radius 1 is 1.20 bits per heavy atom. The average Bonchev–Trinajstić information content (AvgIpc) is 2.65. The molecule has 0 saturated carbocycles. The second kappa shape index (κ2) is 13.5. The van der Waals surface area contributed by atoms with Crippen LogP contribution in [0, 0.1) is 0 Å². The van der Waals surface area contributed by atoms with Gasteiger partial charge in [0.2, 0.25) is 0 Å². The summed E-state index contributed by atoms with van der Waals surface area (Å²) < 4.78 is 15.5. The van der Waals surface area contributed by atoms with Gasteiger partial charge in [-0.2, -0.15) is 0 Å². The molecule has 0 aromatic heterocycles. The van der Waals surface area contributed by atoms with Gasteiger partial charge in [0.15, 0.2) is 5.96 Å². The Bertz CT molecular complexity index is 497. The fourth-order valence-corrected chi connectivity index (χ4v) is 2.10. The molecule has 0 saturated heterocycles. The molecule has 0 heterocycles. The second-order valence-corrected chi connectivity index (χ2v) is 5.40. The van der Waals surface area contributed by atoms with Crippen LogP contribution in [-0.4, -0.2) is 64.7 Å². The third-order valence-electron chi connectivity index (χ3n) is 3.43. The van der Waals surface area contributed by atoms with Crippen LogP contribution in [0.5, 0.6) is 5.75 Å². The highest BCUT2D eigenvalue weighted by atomic mass is 16.5. The summed E-state index contributed by atoms with van der Waals surface area (Å²) in [5.74, 6) is 1.40. The first kappa shape index (κ1) is 21.2. The molecular formula is C18H31N3O4. The van der Waals surface area contributed by atoms with Gasteiger partial charge in [0.25, 0.3) is 0 Å². The van der Waals surface area contributed by atoms with Gasteiger partial charge in [-0.05, 0) is 31.0 Å². The van der Waals surface area contributed by atoms with E-state index in [2.05, 4.69) is 15.6 Å². The quantitative estimate of drug-likeness (QED) is 0.299. The Morgan fingerprint density at radius 2 is 2.04 bits per heavy atom. The van der Waals surface area contributed by atoms with E-state index < -0.39 is 6.10 Å². The van der Waals surface area contributed by atoms with E-state index in [4.69, 9.17) is 14.2 Å². The van der Waals surface area contributed by atoms with Crippen molar-refractivity contribution in [1.82, 2.24) is 10.6 Å². The van der Waals surface area contributed by atoms with Gasteiger partial charge in [0.05, 0.1) is 33.0 Å². The molecule has 0 aliphatic rings. The number of aliphatic hydroxyl groups is 1. The van der Waals surface area contributed by atoms with E-state index in [1.165, 1.54) is 0 Å². The Morgan fingerprint density at radius 3 is 2.76 bits per heavy atom. The first-order valence-corrected chi connectivity index (χ1v) is 8.62. The van der Waals surface area contributed by atoms with Crippen LogP contribution in [0.25, 0.3) is 0 Å². The topological polar surface area (TPSA) is 84.3 Å². The molecule has 0 aliphatic carbocycles. The minimum absolute atomic E-state index is 0.271. The van der Waals surface area contributed by atoms with Crippen molar-refractivity contribution in [2.24, 2.45) is 4.99 Å². The molecule has 7 nitrogen and oxygen atoms in total. The summed E-state index contributed by atoms with van der Waals surface area (Å²) in [5.41, 5.74) is 0.783. The fourth-order valence-electron chi connectivity index (χ4n) is 2.10. The highest BCUT2D eigenvalue weighted by Gasteiger charge is 2.08. The summed E-state index contributed by atoms with van der Waals surface area (Å²) in [6.07, 6.45) is 0.190. The Balaban J connectivity index is 2.40. The fraction of sp³-hybridized carbons (Fsp3) is 0.611.